The second kappa shape index (κ2) is 7.64. The zero-order chi connectivity index (χ0) is 16.7. The minimum Gasteiger partial charge on any atom is -0.457 e. The summed E-state index contributed by atoms with van der Waals surface area (Å²) in [5, 5.41) is 5.05. The Labute approximate surface area is 131 Å². The molecule has 0 aliphatic rings. The van der Waals surface area contributed by atoms with Crippen molar-refractivity contribution >= 4 is 23.4 Å². The first-order valence-electron chi connectivity index (χ1n) is 6.54. The highest BCUT2D eigenvalue weighted by atomic mass is 16.5. The van der Waals surface area contributed by atoms with Crippen molar-refractivity contribution in [1.82, 2.24) is 10.9 Å². The standard InChI is InChI=1S/C14H16N6O3/c15-19-13(21)17-9-1-5-11(6-2-9)23-12-7-3-10(4-8-12)18-14(22)20-16/h1-8H,15-16H2,(H2,17,19,21)(H2,18,20,22). The van der Waals surface area contributed by atoms with Gasteiger partial charge in [0.05, 0.1) is 0 Å². The molecule has 9 nitrogen and oxygen atoms in total. The third kappa shape index (κ3) is 4.88. The summed E-state index contributed by atoms with van der Waals surface area (Å²) in [6.45, 7) is 0. The van der Waals surface area contributed by atoms with Gasteiger partial charge in [-0.05, 0) is 48.5 Å². The number of hydrazine groups is 2. The average molecular weight is 316 g/mol. The van der Waals surface area contributed by atoms with Gasteiger partial charge in [0.2, 0.25) is 0 Å². The minimum atomic E-state index is -0.511. The number of nitrogens with one attached hydrogen (secondary N) is 4. The van der Waals surface area contributed by atoms with Gasteiger partial charge in [0.15, 0.2) is 0 Å². The second-order valence-electron chi connectivity index (χ2n) is 4.35. The summed E-state index contributed by atoms with van der Waals surface area (Å²) in [6.07, 6.45) is 0. The molecule has 8 N–H and O–H groups in total. The van der Waals surface area contributed by atoms with Crippen molar-refractivity contribution in [3.8, 4) is 11.5 Å². The molecule has 0 aliphatic heterocycles. The van der Waals surface area contributed by atoms with E-state index in [-0.39, 0.29) is 0 Å². The molecule has 0 saturated heterocycles. The molecule has 0 aliphatic carbocycles. The number of carbonyl (C=O) groups is 2. The number of rotatable bonds is 4. The Balaban J connectivity index is 1.96. The number of anilines is 2. The number of hydrogen-bond donors (Lipinski definition) is 6. The van der Waals surface area contributed by atoms with E-state index in [1.807, 2.05) is 10.9 Å². The van der Waals surface area contributed by atoms with Gasteiger partial charge in [-0.25, -0.2) is 21.3 Å². The smallest absolute Gasteiger partial charge is 0.333 e. The number of urea groups is 2. The van der Waals surface area contributed by atoms with Crippen molar-refractivity contribution < 1.29 is 14.3 Å². The van der Waals surface area contributed by atoms with E-state index in [0.29, 0.717) is 22.9 Å². The Morgan fingerprint density at radius 2 is 1.04 bits per heavy atom. The van der Waals surface area contributed by atoms with Gasteiger partial charge in [0, 0.05) is 11.4 Å². The van der Waals surface area contributed by atoms with E-state index in [1.54, 1.807) is 48.5 Å². The molecule has 0 atom stereocenters. The van der Waals surface area contributed by atoms with Crippen LogP contribution >= 0.6 is 0 Å². The topological polar surface area (TPSA) is 144 Å². The zero-order valence-electron chi connectivity index (χ0n) is 12.0. The molecule has 120 valence electrons. The highest BCUT2D eigenvalue weighted by Crippen LogP contribution is 2.24. The Bertz CT molecular complexity index is 612. The van der Waals surface area contributed by atoms with Gasteiger partial charge in [-0.2, -0.15) is 0 Å². The van der Waals surface area contributed by atoms with Crippen LogP contribution in [-0.2, 0) is 0 Å². The maximum atomic E-state index is 11.1. The van der Waals surface area contributed by atoms with Crippen LogP contribution in [0, 0.1) is 0 Å². The van der Waals surface area contributed by atoms with Crippen molar-refractivity contribution in [3.05, 3.63) is 48.5 Å². The van der Waals surface area contributed by atoms with E-state index < -0.39 is 12.1 Å². The van der Waals surface area contributed by atoms with E-state index >= 15 is 0 Å². The van der Waals surface area contributed by atoms with E-state index in [9.17, 15) is 9.59 Å². The first-order valence-corrected chi connectivity index (χ1v) is 6.54. The molecule has 0 unspecified atom stereocenters. The van der Waals surface area contributed by atoms with E-state index in [4.69, 9.17) is 16.4 Å². The van der Waals surface area contributed by atoms with Crippen molar-refractivity contribution in [2.24, 2.45) is 11.7 Å². The number of nitrogens with two attached hydrogens (primary N) is 2. The van der Waals surface area contributed by atoms with Crippen LogP contribution in [0.3, 0.4) is 0 Å². The zero-order valence-corrected chi connectivity index (χ0v) is 12.0. The second-order valence-corrected chi connectivity index (χ2v) is 4.35. The molecule has 0 fully saturated rings. The van der Waals surface area contributed by atoms with Gasteiger partial charge in [-0.1, -0.05) is 0 Å². The monoisotopic (exact) mass is 316 g/mol. The van der Waals surface area contributed by atoms with Crippen molar-refractivity contribution in [2.75, 3.05) is 10.6 Å². The maximum absolute atomic E-state index is 11.1. The van der Waals surface area contributed by atoms with Crippen LogP contribution in [0.25, 0.3) is 0 Å². The molecule has 0 spiro atoms. The number of benzene rings is 2. The van der Waals surface area contributed by atoms with Gasteiger partial charge >= 0.3 is 12.1 Å². The van der Waals surface area contributed by atoms with Gasteiger partial charge in [0.25, 0.3) is 0 Å². The minimum absolute atomic E-state index is 0.511. The summed E-state index contributed by atoms with van der Waals surface area (Å²) in [5.74, 6) is 11.1. The molecule has 4 amide bonds. The van der Waals surface area contributed by atoms with Gasteiger partial charge in [-0.3, -0.25) is 10.9 Å². The van der Waals surface area contributed by atoms with Gasteiger partial charge in [0.1, 0.15) is 11.5 Å². The van der Waals surface area contributed by atoms with Crippen LogP contribution in [-0.4, -0.2) is 12.1 Å². The lowest BCUT2D eigenvalue weighted by Gasteiger charge is -2.09. The third-order valence-corrected chi connectivity index (χ3v) is 2.72. The molecule has 2 aromatic carbocycles. The highest BCUT2D eigenvalue weighted by Gasteiger charge is 2.02. The molecule has 2 aromatic rings. The fourth-order valence-corrected chi connectivity index (χ4v) is 1.68. The Morgan fingerprint density at radius 1 is 0.696 bits per heavy atom. The fraction of sp³-hybridized carbons (Fsp3) is 0. The van der Waals surface area contributed by atoms with Crippen LogP contribution in [0.2, 0.25) is 0 Å². The number of hydrogen-bond acceptors (Lipinski definition) is 5. The normalized spacial score (nSPS) is 9.65. The van der Waals surface area contributed by atoms with Gasteiger partial charge < -0.3 is 15.4 Å². The van der Waals surface area contributed by atoms with Crippen LogP contribution in [0.15, 0.2) is 48.5 Å². The fourth-order valence-electron chi connectivity index (χ4n) is 1.68. The molecule has 0 aromatic heterocycles. The van der Waals surface area contributed by atoms with E-state index in [0.717, 1.165) is 0 Å². The lowest BCUT2D eigenvalue weighted by Crippen LogP contribution is -2.34. The van der Waals surface area contributed by atoms with Crippen LogP contribution in [0.4, 0.5) is 21.0 Å². The van der Waals surface area contributed by atoms with Crippen LogP contribution < -0.4 is 37.9 Å². The first-order chi connectivity index (χ1) is 11.1. The summed E-state index contributed by atoms with van der Waals surface area (Å²) >= 11 is 0. The average Bonchev–Trinajstić information content (AvgIpc) is 2.58. The Kier molecular flexibility index (Phi) is 5.34. The predicted octanol–water partition coefficient (Wildman–Crippen LogP) is 1.47. The highest BCUT2D eigenvalue weighted by molar-refractivity contribution is 5.89. The lowest BCUT2D eigenvalue weighted by molar-refractivity contribution is 0.251. The largest absolute Gasteiger partial charge is 0.457 e. The van der Waals surface area contributed by atoms with Crippen LogP contribution in [0.1, 0.15) is 0 Å². The van der Waals surface area contributed by atoms with Gasteiger partial charge in [-0.15, -0.1) is 0 Å². The molecular weight excluding hydrogens is 300 g/mol. The number of amides is 4. The lowest BCUT2D eigenvalue weighted by atomic mass is 10.3. The van der Waals surface area contributed by atoms with E-state index in [2.05, 4.69) is 10.6 Å². The molecular formula is C14H16N6O3. The predicted molar refractivity (Wildman–Crippen MR) is 85.6 cm³/mol. The van der Waals surface area contributed by atoms with Crippen molar-refractivity contribution in [1.29, 1.82) is 0 Å². The van der Waals surface area contributed by atoms with E-state index in [1.165, 1.54) is 0 Å². The molecule has 2 rings (SSSR count). The Morgan fingerprint density at radius 3 is 1.35 bits per heavy atom. The summed E-state index contributed by atoms with van der Waals surface area (Å²) < 4.78 is 5.64. The summed E-state index contributed by atoms with van der Waals surface area (Å²) in [5.41, 5.74) is 5.09. The number of ether oxygens (including phenoxy) is 1. The SMILES string of the molecule is NNC(=O)Nc1ccc(Oc2ccc(NC(=O)NN)cc2)cc1. The third-order valence-electron chi connectivity index (χ3n) is 2.72. The van der Waals surface area contributed by atoms with Crippen LogP contribution in [0.5, 0.6) is 11.5 Å². The molecule has 23 heavy (non-hydrogen) atoms. The van der Waals surface area contributed by atoms with Crippen molar-refractivity contribution in [2.45, 2.75) is 0 Å². The number of carbonyl (C=O) groups excluding carboxylic acids is 2. The summed E-state index contributed by atoms with van der Waals surface area (Å²) in [6, 6.07) is 12.4. The molecule has 9 heteroatoms. The Hall–Kier alpha value is -3.30. The molecule has 0 saturated carbocycles. The molecule has 0 bridgehead atoms. The molecule has 0 radical (unpaired) electrons. The summed E-state index contributed by atoms with van der Waals surface area (Å²) in [7, 11) is 0. The maximum Gasteiger partial charge on any atom is 0.333 e. The van der Waals surface area contributed by atoms with Crippen molar-refractivity contribution in [3.63, 3.8) is 0 Å². The molecule has 0 heterocycles. The quantitative estimate of drug-likeness (QED) is 0.287. The first kappa shape index (κ1) is 16.1. The summed E-state index contributed by atoms with van der Waals surface area (Å²) in [4.78, 5) is 22.1.